The first kappa shape index (κ1) is 25.8. The lowest BCUT2D eigenvalue weighted by Crippen LogP contribution is -2.27. The summed E-state index contributed by atoms with van der Waals surface area (Å²) in [5, 5.41) is 5.15. The molecule has 2 amide bonds. The molecular formula is C24H19F4N5O3S. The van der Waals surface area contributed by atoms with Gasteiger partial charge in [0, 0.05) is 24.5 Å². The summed E-state index contributed by atoms with van der Waals surface area (Å²) >= 11 is 1.24. The number of aromatic nitrogens is 3. The van der Waals surface area contributed by atoms with E-state index in [0.29, 0.717) is 34.7 Å². The van der Waals surface area contributed by atoms with Crippen molar-refractivity contribution in [1.82, 2.24) is 19.9 Å². The van der Waals surface area contributed by atoms with E-state index in [-0.39, 0.29) is 24.8 Å². The van der Waals surface area contributed by atoms with Crippen molar-refractivity contribution < 1.29 is 31.9 Å². The molecule has 4 rings (SSSR count). The second-order valence-corrected chi connectivity index (χ2v) is 8.63. The highest BCUT2D eigenvalue weighted by Gasteiger charge is 2.32. The molecule has 8 nitrogen and oxygen atoms in total. The number of alkyl halides is 3. The van der Waals surface area contributed by atoms with Crippen molar-refractivity contribution >= 4 is 29.0 Å². The summed E-state index contributed by atoms with van der Waals surface area (Å²) < 4.78 is 59.4. The summed E-state index contributed by atoms with van der Waals surface area (Å²) in [6, 6.07) is 8.70. The number of amides is 2. The number of carbonyl (C=O) groups is 2. The van der Waals surface area contributed by atoms with Crippen LogP contribution >= 0.6 is 11.3 Å². The van der Waals surface area contributed by atoms with Crippen LogP contribution in [0.5, 0.6) is 5.75 Å². The molecule has 0 fully saturated rings. The van der Waals surface area contributed by atoms with Gasteiger partial charge >= 0.3 is 6.18 Å². The summed E-state index contributed by atoms with van der Waals surface area (Å²) in [4.78, 5) is 34.1. The van der Waals surface area contributed by atoms with Crippen molar-refractivity contribution in [3.05, 3.63) is 82.9 Å². The number of methoxy groups -OCH3 is 1. The third-order valence-corrected chi connectivity index (χ3v) is 5.89. The normalized spacial score (nSPS) is 11.3. The number of carbonyl (C=O) groups excluding carboxylic acids is 2. The van der Waals surface area contributed by atoms with Crippen LogP contribution in [-0.4, -0.2) is 33.5 Å². The standard InChI is InChI=1S/C24H19F4N5O3S/c1-36-18-4-2-14(3-5-18)9-30-21(34)12-33-11-20(31-22(33)19-10-29-13-37-19)32-23(35)15-6-16(24(26,27)28)8-17(25)7-15/h2-8,10-11,13H,9,12H2,1H3,(H,30,34)(H,32,35). The Labute approximate surface area is 211 Å². The molecule has 0 bridgehead atoms. The predicted molar refractivity (Wildman–Crippen MR) is 128 cm³/mol. The smallest absolute Gasteiger partial charge is 0.416 e. The van der Waals surface area contributed by atoms with Gasteiger partial charge in [-0.05, 0) is 35.9 Å². The van der Waals surface area contributed by atoms with Crippen LogP contribution in [0.4, 0.5) is 23.4 Å². The Morgan fingerprint density at radius 1 is 1.14 bits per heavy atom. The van der Waals surface area contributed by atoms with Gasteiger partial charge < -0.3 is 19.9 Å². The van der Waals surface area contributed by atoms with Crippen LogP contribution in [0.2, 0.25) is 0 Å². The highest BCUT2D eigenvalue weighted by molar-refractivity contribution is 7.13. The number of rotatable bonds is 8. The van der Waals surface area contributed by atoms with Gasteiger partial charge in [0.1, 0.15) is 18.1 Å². The molecule has 0 radical (unpaired) electrons. The number of nitrogens with one attached hydrogen (secondary N) is 2. The number of halogens is 4. The van der Waals surface area contributed by atoms with Crippen LogP contribution in [0.3, 0.4) is 0 Å². The Morgan fingerprint density at radius 3 is 2.54 bits per heavy atom. The predicted octanol–water partition coefficient (Wildman–Crippen LogP) is 4.74. The van der Waals surface area contributed by atoms with Crippen LogP contribution in [0.1, 0.15) is 21.5 Å². The number of nitrogens with zero attached hydrogens (tertiary/aromatic N) is 3. The van der Waals surface area contributed by atoms with Crippen molar-refractivity contribution in [3.63, 3.8) is 0 Å². The van der Waals surface area contributed by atoms with Gasteiger partial charge in [-0.2, -0.15) is 13.2 Å². The summed E-state index contributed by atoms with van der Waals surface area (Å²) in [5.41, 5.74) is 0.589. The number of benzene rings is 2. The zero-order valence-corrected chi connectivity index (χ0v) is 20.0. The first-order valence-corrected chi connectivity index (χ1v) is 11.5. The highest BCUT2D eigenvalue weighted by atomic mass is 32.1. The fraction of sp³-hybridized carbons (Fsp3) is 0.167. The van der Waals surface area contributed by atoms with E-state index < -0.39 is 29.0 Å². The minimum atomic E-state index is -4.82. The van der Waals surface area contributed by atoms with Gasteiger partial charge in [-0.25, -0.2) is 9.37 Å². The van der Waals surface area contributed by atoms with Crippen LogP contribution < -0.4 is 15.4 Å². The molecule has 0 saturated carbocycles. The van der Waals surface area contributed by atoms with E-state index in [1.165, 1.54) is 28.3 Å². The van der Waals surface area contributed by atoms with Crippen molar-refractivity contribution in [1.29, 1.82) is 0 Å². The monoisotopic (exact) mass is 533 g/mol. The van der Waals surface area contributed by atoms with E-state index in [0.717, 1.165) is 5.56 Å². The maximum atomic E-state index is 13.7. The lowest BCUT2D eigenvalue weighted by atomic mass is 10.1. The molecular weight excluding hydrogens is 514 g/mol. The van der Waals surface area contributed by atoms with E-state index in [2.05, 4.69) is 20.6 Å². The lowest BCUT2D eigenvalue weighted by molar-refractivity contribution is -0.137. The molecule has 2 N–H and O–H groups in total. The van der Waals surface area contributed by atoms with E-state index in [4.69, 9.17) is 4.74 Å². The molecule has 13 heteroatoms. The zero-order valence-electron chi connectivity index (χ0n) is 19.2. The molecule has 0 saturated heterocycles. The second-order valence-electron chi connectivity index (χ2n) is 7.75. The minimum Gasteiger partial charge on any atom is -0.497 e. The third kappa shape index (κ3) is 6.50. The zero-order chi connectivity index (χ0) is 26.6. The van der Waals surface area contributed by atoms with Gasteiger partial charge in [-0.15, -0.1) is 11.3 Å². The molecule has 0 aliphatic carbocycles. The first-order chi connectivity index (χ1) is 17.6. The van der Waals surface area contributed by atoms with Gasteiger partial charge in [0.25, 0.3) is 5.91 Å². The van der Waals surface area contributed by atoms with Crippen LogP contribution in [0.25, 0.3) is 10.7 Å². The summed E-state index contributed by atoms with van der Waals surface area (Å²) in [7, 11) is 1.55. The molecule has 0 aliphatic heterocycles. The van der Waals surface area contributed by atoms with Crippen LogP contribution in [0, 0.1) is 5.82 Å². The van der Waals surface area contributed by atoms with Gasteiger partial charge in [0.2, 0.25) is 5.91 Å². The molecule has 2 aromatic carbocycles. The van der Waals surface area contributed by atoms with Crippen molar-refractivity contribution in [2.24, 2.45) is 0 Å². The summed E-state index contributed by atoms with van der Waals surface area (Å²) in [6.45, 7) is 0.0998. The van der Waals surface area contributed by atoms with Gasteiger partial charge in [-0.1, -0.05) is 12.1 Å². The Balaban J connectivity index is 1.50. The SMILES string of the molecule is COc1ccc(CNC(=O)Cn2cc(NC(=O)c3cc(F)cc(C(F)(F)F)c3)nc2-c2cncs2)cc1. The molecule has 0 aliphatic rings. The van der Waals surface area contributed by atoms with Crippen molar-refractivity contribution in [2.75, 3.05) is 12.4 Å². The van der Waals surface area contributed by atoms with Crippen LogP contribution in [0.15, 0.2) is 60.4 Å². The fourth-order valence-corrected chi connectivity index (χ4v) is 3.97. The number of hydrogen-bond donors (Lipinski definition) is 2. The molecule has 2 aromatic heterocycles. The van der Waals surface area contributed by atoms with E-state index in [1.54, 1.807) is 24.8 Å². The maximum absolute atomic E-state index is 13.7. The number of hydrogen-bond acceptors (Lipinski definition) is 6. The molecule has 192 valence electrons. The molecule has 0 spiro atoms. The third-order valence-electron chi connectivity index (χ3n) is 5.12. The van der Waals surface area contributed by atoms with Crippen LogP contribution in [-0.2, 0) is 24.1 Å². The average molecular weight is 534 g/mol. The largest absolute Gasteiger partial charge is 0.497 e. The van der Waals surface area contributed by atoms with Crippen molar-refractivity contribution in [2.45, 2.75) is 19.3 Å². The lowest BCUT2D eigenvalue weighted by Gasteiger charge is -2.09. The van der Waals surface area contributed by atoms with E-state index >= 15 is 0 Å². The highest BCUT2D eigenvalue weighted by Crippen LogP contribution is 2.31. The molecule has 0 atom stereocenters. The molecule has 0 unspecified atom stereocenters. The maximum Gasteiger partial charge on any atom is 0.416 e. The second kappa shape index (κ2) is 10.8. The summed E-state index contributed by atoms with van der Waals surface area (Å²) in [6.07, 6.45) is -1.94. The number of ether oxygens (including phenoxy) is 1. The Bertz CT molecular complexity index is 1400. The number of anilines is 1. The van der Waals surface area contributed by atoms with Gasteiger partial charge in [0.15, 0.2) is 11.6 Å². The van der Waals surface area contributed by atoms with E-state index in [1.807, 2.05) is 12.1 Å². The van der Waals surface area contributed by atoms with E-state index in [9.17, 15) is 27.2 Å². The Kier molecular flexibility index (Phi) is 7.53. The molecule has 37 heavy (non-hydrogen) atoms. The minimum absolute atomic E-state index is 0.0332. The Hall–Kier alpha value is -4.26. The fourth-order valence-electron chi connectivity index (χ4n) is 3.35. The summed E-state index contributed by atoms with van der Waals surface area (Å²) in [5.74, 6) is -1.58. The number of imidazole rings is 1. The van der Waals surface area contributed by atoms with Gasteiger partial charge in [-0.3, -0.25) is 14.6 Å². The number of thiazole rings is 1. The Morgan fingerprint density at radius 2 is 1.89 bits per heavy atom. The molecule has 4 aromatic rings. The molecule has 2 heterocycles. The quantitative estimate of drug-likeness (QED) is 0.319. The average Bonchev–Trinajstić information content (AvgIpc) is 3.52. The van der Waals surface area contributed by atoms with Gasteiger partial charge in [0.05, 0.1) is 23.1 Å². The topological polar surface area (TPSA) is 98.1 Å². The van der Waals surface area contributed by atoms with Crippen molar-refractivity contribution in [3.8, 4) is 16.5 Å². The first-order valence-electron chi connectivity index (χ1n) is 10.7.